The lowest BCUT2D eigenvalue weighted by atomic mass is 9.99. The lowest BCUT2D eigenvalue weighted by Gasteiger charge is -2.47. The minimum Gasteiger partial charge on any atom is -0.477 e. The summed E-state index contributed by atoms with van der Waals surface area (Å²) in [6.07, 6.45) is 24.9. The van der Waals surface area contributed by atoms with Gasteiger partial charge < -0.3 is 15.3 Å². The van der Waals surface area contributed by atoms with E-state index in [2.05, 4.69) is 19.1 Å². The molecule has 0 aliphatic rings. The van der Waals surface area contributed by atoms with Crippen LogP contribution in [0.15, 0.2) is 12.2 Å². The summed E-state index contributed by atoms with van der Waals surface area (Å²) in [6.45, 7) is 6.68. The number of carboxylic acids is 3. The van der Waals surface area contributed by atoms with Crippen LogP contribution in [-0.4, -0.2) is 62.4 Å². The van der Waals surface area contributed by atoms with E-state index in [4.69, 9.17) is 0 Å². The Labute approximate surface area is 225 Å². The molecule has 7 heteroatoms. The first-order chi connectivity index (χ1) is 17.6. The Balaban J connectivity index is 4.11. The predicted molar refractivity (Wildman–Crippen MR) is 150 cm³/mol. The average Bonchev–Trinajstić information content (AvgIpc) is 2.86. The summed E-state index contributed by atoms with van der Waals surface area (Å²) in [5.41, 5.74) is 0. The summed E-state index contributed by atoms with van der Waals surface area (Å²) >= 11 is 0. The highest BCUT2D eigenvalue weighted by atomic mass is 16.4. The van der Waals surface area contributed by atoms with Crippen LogP contribution in [0.3, 0.4) is 0 Å². The normalized spacial score (nSPS) is 15.8. The molecule has 0 saturated heterocycles. The molecule has 0 aromatic heterocycles. The van der Waals surface area contributed by atoms with E-state index >= 15 is 0 Å². The van der Waals surface area contributed by atoms with Crippen molar-refractivity contribution in [1.29, 1.82) is 0 Å². The standard InChI is InChI=1S/C30H55NO6/c1-5-6-7-8-9-10-11-12-13-14-15-16-17-18-19-20-21-22-23-24-31(25(2)28(32)33,26(3)29(34)35)27(4)30(36)37/h6-7,25-27H,5,8-24H2,1-4H3,(H2-,32,33,34,35,36,37)/p+1/b7-6+. The van der Waals surface area contributed by atoms with Crippen LogP contribution in [0.1, 0.15) is 137 Å². The van der Waals surface area contributed by atoms with Gasteiger partial charge in [-0.3, -0.25) is 4.48 Å². The SMILES string of the molecule is CC/C=C/CCCCCCCCCCCCCCCCC[N+](C(C)C(=O)O)(C(C)C(=O)O)C(C)C(=O)O. The molecule has 216 valence electrons. The molecule has 0 aromatic rings. The number of rotatable bonds is 25. The third-order valence-corrected chi connectivity index (χ3v) is 8.05. The molecule has 37 heavy (non-hydrogen) atoms. The van der Waals surface area contributed by atoms with Crippen molar-refractivity contribution in [2.45, 2.75) is 155 Å². The molecule has 0 aliphatic carbocycles. The van der Waals surface area contributed by atoms with Crippen molar-refractivity contribution >= 4 is 17.9 Å². The monoisotopic (exact) mass is 526 g/mol. The van der Waals surface area contributed by atoms with Crippen molar-refractivity contribution in [2.75, 3.05) is 6.54 Å². The second-order valence-corrected chi connectivity index (χ2v) is 10.7. The van der Waals surface area contributed by atoms with Gasteiger partial charge in [-0.15, -0.1) is 0 Å². The molecule has 0 heterocycles. The number of nitrogens with zero attached hydrogens (tertiary/aromatic N) is 1. The Morgan fingerprint density at radius 2 is 0.838 bits per heavy atom. The van der Waals surface area contributed by atoms with Gasteiger partial charge >= 0.3 is 17.9 Å². The minimum atomic E-state index is -1.17. The van der Waals surface area contributed by atoms with Crippen molar-refractivity contribution in [3.05, 3.63) is 12.2 Å². The molecule has 0 radical (unpaired) electrons. The average molecular weight is 527 g/mol. The fourth-order valence-electron chi connectivity index (χ4n) is 5.43. The van der Waals surface area contributed by atoms with E-state index in [1.54, 1.807) is 0 Å². The van der Waals surface area contributed by atoms with Crippen LogP contribution in [0.2, 0.25) is 0 Å². The van der Waals surface area contributed by atoms with Crippen LogP contribution in [-0.2, 0) is 14.4 Å². The smallest absolute Gasteiger partial charge is 0.362 e. The topological polar surface area (TPSA) is 112 Å². The summed E-state index contributed by atoms with van der Waals surface area (Å²) < 4.78 is -0.476. The van der Waals surface area contributed by atoms with Crippen molar-refractivity contribution in [3.63, 3.8) is 0 Å². The zero-order valence-electron chi connectivity index (χ0n) is 24.1. The van der Waals surface area contributed by atoms with Crippen molar-refractivity contribution in [1.82, 2.24) is 0 Å². The molecule has 0 fully saturated rings. The fraction of sp³-hybridized carbons (Fsp3) is 0.833. The maximum atomic E-state index is 11.8. The van der Waals surface area contributed by atoms with Gasteiger partial charge in [0.15, 0.2) is 18.1 Å². The maximum Gasteiger partial charge on any atom is 0.362 e. The summed E-state index contributed by atoms with van der Waals surface area (Å²) in [4.78, 5) is 35.4. The number of unbranched alkanes of at least 4 members (excludes halogenated alkanes) is 15. The van der Waals surface area contributed by atoms with Crippen LogP contribution in [0.5, 0.6) is 0 Å². The first kappa shape index (κ1) is 35.1. The third kappa shape index (κ3) is 14.0. The number of quaternary nitrogens is 1. The number of hydrogen-bond acceptors (Lipinski definition) is 3. The van der Waals surface area contributed by atoms with E-state index in [0.717, 1.165) is 25.7 Å². The van der Waals surface area contributed by atoms with Crippen LogP contribution < -0.4 is 0 Å². The molecule has 3 atom stereocenters. The third-order valence-electron chi connectivity index (χ3n) is 8.05. The first-order valence-electron chi connectivity index (χ1n) is 14.8. The molecule has 0 aromatic carbocycles. The lowest BCUT2D eigenvalue weighted by molar-refractivity contribution is -0.968. The largest absolute Gasteiger partial charge is 0.477 e. The van der Waals surface area contributed by atoms with E-state index in [1.165, 1.54) is 97.8 Å². The Kier molecular flexibility index (Phi) is 20.0. The van der Waals surface area contributed by atoms with Gasteiger partial charge in [-0.25, -0.2) is 14.4 Å². The van der Waals surface area contributed by atoms with Gasteiger partial charge in [0.1, 0.15) is 0 Å². The molecule has 0 spiro atoms. The molecule has 0 saturated carbocycles. The van der Waals surface area contributed by atoms with Gasteiger partial charge in [0.2, 0.25) is 0 Å². The quantitative estimate of drug-likeness (QED) is 0.0648. The zero-order chi connectivity index (χ0) is 28.1. The predicted octanol–water partition coefficient (Wildman–Crippen LogP) is 7.43. The van der Waals surface area contributed by atoms with Gasteiger partial charge in [0.25, 0.3) is 0 Å². The Morgan fingerprint density at radius 1 is 0.541 bits per heavy atom. The van der Waals surface area contributed by atoms with E-state index in [0.29, 0.717) is 6.42 Å². The number of carboxylic acid groups (broad SMARTS) is 3. The van der Waals surface area contributed by atoms with Crippen molar-refractivity contribution in [3.8, 4) is 0 Å². The molecule has 3 unspecified atom stereocenters. The second kappa shape index (κ2) is 21.1. The lowest BCUT2D eigenvalue weighted by Crippen LogP contribution is -2.70. The Morgan fingerprint density at radius 3 is 1.14 bits per heavy atom. The number of allylic oxidation sites excluding steroid dienone is 2. The number of hydrogen-bond donors (Lipinski definition) is 3. The summed E-state index contributed by atoms with van der Waals surface area (Å²) in [5, 5.41) is 28.9. The first-order valence-corrected chi connectivity index (χ1v) is 14.8. The van der Waals surface area contributed by atoms with Crippen LogP contribution in [0.25, 0.3) is 0 Å². The molecule has 0 amide bonds. The fourth-order valence-corrected chi connectivity index (χ4v) is 5.43. The van der Waals surface area contributed by atoms with Gasteiger partial charge in [-0.2, -0.15) is 0 Å². The van der Waals surface area contributed by atoms with Crippen LogP contribution >= 0.6 is 0 Å². The van der Waals surface area contributed by atoms with Gasteiger partial charge in [0, 0.05) is 0 Å². The second-order valence-electron chi connectivity index (χ2n) is 10.7. The van der Waals surface area contributed by atoms with Gasteiger partial charge in [-0.05, 0) is 52.9 Å². The highest BCUT2D eigenvalue weighted by molar-refractivity contribution is 5.77. The molecular weight excluding hydrogens is 470 g/mol. The summed E-state index contributed by atoms with van der Waals surface area (Å²) in [6, 6.07) is -3.36. The highest BCUT2D eigenvalue weighted by Crippen LogP contribution is 2.27. The molecule has 0 aliphatic heterocycles. The number of aliphatic carboxylic acids is 3. The Bertz CT molecular complexity index is 612. The summed E-state index contributed by atoms with van der Waals surface area (Å²) in [5.74, 6) is -3.51. The van der Waals surface area contributed by atoms with Crippen LogP contribution in [0.4, 0.5) is 0 Å². The van der Waals surface area contributed by atoms with Gasteiger partial charge in [-0.1, -0.05) is 96.1 Å². The molecule has 3 N–H and O–H groups in total. The van der Waals surface area contributed by atoms with E-state index < -0.39 is 40.5 Å². The molecule has 0 rings (SSSR count). The minimum absolute atomic E-state index is 0.226. The zero-order valence-corrected chi connectivity index (χ0v) is 24.1. The highest BCUT2D eigenvalue weighted by Gasteiger charge is 2.52. The van der Waals surface area contributed by atoms with Gasteiger partial charge in [0.05, 0.1) is 6.54 Å². The van der Waals surface area contributed by atoms with Crippen molar-refractivity contribution in [2.24, 2.45) is 0 Å². The molecule has 0 bridgehead atoms. The van der Waals surface area contributed by atoms with E-state index in [1.807, 2.05) is 0 Å². The Hall–Kier alpha value is -1.89. The van der Waals surface area contributed by atoms with Crippen LogP contribution in [0, 0.1) is 0 Å². The summed E-state index contributed by atoms with van der Waals surface area (Å²) in [7, 11) is 0. The van der Waals surface area contributed by atoms with E-state index in [-0.39, 0.29) is 6.54 Å². The maximum absolute atomic E-state index is 11.8. The van der Waals surface area contributed by atoms with Crippen molar-refractivity contribution < 1.29 is 34.2 Å². The molecule has 7 nitrogen and oxygen atoms in total. The molecular formula is C30H56NO6+. The van der Waals surface area contributed by atoms with E-state index in [9.17, 15) is 29.7 Å². The number of carbonyl (C=O) groups is 3.